The number of thioether (sulfide) groups is 1. The third kappa shape index (κ3) is 2.30. The second-order valence-electron chi connectivity index (χ2n) is 4.26. The van der Waals surface area contributed by atoms with Crippen LogP contribution in [0.15, 0.2) is 17.4 Å². The first-order valence-electron chi connectivity index (χ1n) is 5.57. The molecule has 2 heterocycles. The molecule has 1 aromatic rings. The zero-order valence-corrected chi connectivity index (χ0v) is 10.6. The van der Waals surface area contributed by atoms with E-state index in [-0.39, 0.29) is 0 Å². The second-order valence-corrected chi connectivity index (χ2v) is 5.08. The van der Waals surface area contributed by atoms with Crippen LogP contribution in [0.2, 0.25) is 0 Å². The second kappa shape index (κ2) is 5.01. The first-order valence-corrected chi connectivity index (χ1v) is 6.79. The normalized spacial score (nSPS) is 25.1. The summed E-state index contributed by atoms with van der Waals surface area (Å²) in [5.41, 5.74) is 5.73. The molecule has 0 aromatic carbocycles. The Hall–Kier alpha value is -0.810. The Morgan fingerprint density at radius 2 is 2.38 bits per heavy atom. The molecule has 0 amide bonds. The minimum Gasteiger partial charge on any atom is -0.353 e. The van der Waals surface area contributed by atoms with Crippen LogP contribution in [0.4, 0.5) is 5.82 Å². The molecule has 1 saturated heterocycles. The molecule has 0 spiro atoms. The maximum atomic E-state index is 5.73. The van der Waals surface area contributed by atoms with Gasteiger partial charge < -0.3 is 10.6 Å². The summed E-state index contributed by atoms with van der Waals surface area (Å²) >= 11 is 1.65. The van der Waals surface area contributed by atoms with Gasteiger partial charge in [-0.3, -0.25) is 0 Å². The van der Waals surface area contributed by atoms with Crippen LogP contribution in [0.1, 0.15) is 13.3 Å². The molecular formula is C11H18N4S. The average Bonchev–Trinajstić information content (AvgIpc) is 2.71. The lowest BCUT2D eigenvalue weighted by atomic mass is 10.1. The summed E-state index contributed by atoms with van der Waals surface area (Å²) < 4.78 is 0. The van der Waals surface area contributed by atoms with Gasteiger partial charge in [0.15, 0.2) is 0 Å². The predicted octanol–water partition coefficient (Wildman–Crippen LogP) is 1.37. The van der Waals surface area contributed by atoms with E-state index in [2.05, 4.69) is 27.9 Å². The molecule has 16 heavy (non-hydrogen) atoms. The minimum absolute atomic E-state index is 0.526. The summed E-state index contributed by atoms with van der Waals surface area (Å²) in [6, 6.07) is 2.58. The standard InChI is InChI=1S/C11H18N4S/c1-8-3-9(5-12)6-15(8)10-4-11(16-2)14-7-13-10/h4,7-9H,3,5-6,12H2,1-2H3. The molecule has 1 aliphatic rings. The summed E-state index contributed by atoms with van der Waals surface area (Å²) in [6.45, 7) is 4.01. The monoisotopic (exact) mass is 238 g/mol. The molecule has 2 atom stereocenters. The fraction of sp³-hybridized carbons (Fsp3) is 0.636. The van der Waals surface area contributed by atoms with Crippen LogP contribution in [0.3, 0.4) is 0 Å². The highest BCUT2D eigenvalue weighted by atomic mass is 32.2. The Bertz CT molecular complexity index is 358. The lowest BCUT2D eigenvalue weighted by molar-refractivity contribution is 0.579. The zero-order chi connectivity index (χ0) is 11.5. The fourth-order valence-corrected chi connectivity index (χ4v) is 2.61. The van der Waals surface area contributed by atoms with Gasteiger partial charge in [0.25, 0.3) is 0 Å². The van der Waals surface area contributed by atoms with Gasteiger partial charge in [-0.15, -0.1) is 11.8 Å². The van der Waals surface area contributed by atoms with Crippen molar-refractivity contribution in [2.75, 3.05) is 24.2 Å². The third-order valence-electron chi connectivity index (χ3n) is 3.13. The molecule has 2 rings (SSSR count). The number of aromatic nitrogens is 2. The highest BCUT2D eigenvalue weighted by Gasteiger charge is 2.29. The van der Waals surface area contributed by atoms with Gasteiger partial charge in [0, 0.05) is 18.7 Å². The Balaban J connectivity index is 2.17. The smallest absolute Gasteiger partial charge is 0.133 e. The molecule has 2 unspecified atom stereocenters. The topological polar surface area (TPSA) is 55.0 Å². The lowest BCUT2D eigenvalue weighted by Gasteiger charge is -2.22. The van der Waals surface area contributed by atoms with E-state index in [1.165, 1.54) is 0 Å². The largest absolute Gasteiger partial charge is 0.353 e. The van der Waals surface area contributed by atoms with Gasteiger partial charge >= 0.3 is 0 Å². The molecule has 88 valence electrons. The number of hydrogen-bond donors (Lipinski definition) is 1. The Kier molecular flexibility index (Phi) is 3.66. The molecule has 1 aromatic heterocycles. The molecule has 1 aliphatic heterocycles. The van der Waals surface area contributed by atoms with E-state index in [1.807, 2.05) is 6.26 Å². The molecule has 0 bridgehead atoms. The first kappa shape index (κ1) is 11.7. The van der Waals surface area contributed by atoms with E-state index in [9.17, 15) is 0 Å². The van der Waals surface area contributed by atoms with Crippen LogP contribution in [0.25, 0.3) is 0 Å². The summed E-state index contributed by atoms with van der Waals surface area (Å²) in [5.74, 6) is 1.63. The van der Waals surface area contributed by atoms with E-state index >= 15 is 0 Å². The van der Waals surface area contributed by atoms with Gasteiger partial charge in [0.1, 0.15) is 17.2 Å². The Labute approximate surface area is 101 Å². The number of rotatable bonds is 3. The summed E-state index contributed by atoms with van der Waals surface area (Å²) in [6.07, 6.45) is 4.83. The van der Waals surface area contributed by atoms with Crippen LogP contribution in [-0.4, -0.2) is 35.4 Å². The van der Waals surface area contributed by atoms with Gasteiger partial charge in [-0.1, -0.05) is 0 Å². The molecular weight excluding hydrogens is 220 g/mol. The highest BCUT2D eigenvalue weighted by Crippen LogP contribution is 2.28. The van der Waals surface area contributed by atoms with E-state index in [0.717, 1.165) is 30.4 Å². The fourth-order valence-electron chi connectivity index (χ4n) is 2.23. The van der Waals surface area contributed by atoms with E-state index in [1.54, 1.807) is 18.1 Å². The first-order chi connectivity index (χ1) is 7.74. The van der Waals surface area contributed by atoms with Gasteiger partial charge in [0.2, 0.25) is 0 Å². The van der Waals surface area contributed by atoms with E-state index < -0.39 is 0 Å². The van der Waals surface area contributed by atoms with Crippen molar-refractivity contribution in [2.45, 2.75) is 24.4 Å². The number of anilines is 1. The van der Waals surface area contributed by atoms with Crippen molar-refractivity contribution >= 4 is 17.6 Å². The molecule has 0 saturated carbocycles. The van der Waals surface area contributed by atoms with Crippen LogP contribution in [0.5, 0.6) is 0 Å². The maximum Gasteiger partial charge on any atom is 0.133 e. The van der Waals surface area contributed by atoms with Crippen molar-refractivity contribution in [3.63, 3.8) is 0 Å². The van der Waals surface area contributed by atoms with Crippen molar-refractivity contribution in [1.82, 2.24) is 9.97 Å². The highest BCUT2D eigenvalue weighted by molar-refractivity contribution is 7.98. The van der Waals surface area contributed by atoms with Crippen LogP contribution in [0, 0.1) is 5.92 Å². The predicted molar refractivity (Wildman–Crippen MR) is 67.8 cm³/mol. The molecule has 0 aliphatic carbocycles. The molecule has 4 nitrogen and oxygen atoms in total. The zero-order valence-electron chi connectivity index (χ0n) is 9.76. The Morgan fingerprint density at radius 1 is 1.56 bits per heavy atom. The number of nitrogens with two attached hydrogens (primary N) is 1. The van der Waals surface area contributed by atoms with Crippen LogP contribution in [-0.2, 0) is 0 Å². The van der Waals surface area contributed by atoms with E-state index in [4.69, 9.17) is 5.73 Å². The van der Waals surface area contributed by atoms with Gasteiger partial charge in [0.05, 0.1) is 0 Å². The summed E-state index contributed by atoms with van der Waals surface area (Å²) in [7, 11) is 0. The van der Waals surface area contributed by atoms with Crippen molar-refractivity contribution in [3.8, 4) is 0 Å². The van der Waals surface area contributed by atoms with Gasteiger partial charge in [-0.2, -0.15) is 0 Å². The molecule has 5 heteroatoms. The summed E-state index contributed by atoms with van der Waals surface area (Å²) in [4.78, 5) is 10.9. The van der Waals surface area contributed by atoms with Gasteiger partial charge in [-0.05, 0) is 32.1 Å². The SMILES string of the molecule is CSc1cc(N2CC(CN)CC2C)ncn1. The number of nitrogens with zero attached hydrogens (tertiary/aromatic N) is 3. The molecule has 2 N–H and O–H groups in total. The van der Waals surface area contributed by atoms with Crippen LogP contribution >= 0.6 is 11.8 Å². The molecule has 0 radical (unpaired) electrons. The van der Waals surface area contributed by atoms with Crippen molar-refractivity contribution in [2.24, 2.45) is 11.7 Å². The average molecular weight is 238 g/mol. The quantitative estimate of drug-likeness (QED) is 0.637. The van der Waals surface area contributed by atoms with Crippen molar-refractivity contribution in [3.05, 3.63) is 12.4 Å². The maximum absolute atomic E-state index is 5.73. The summed E-state index contributed by atoms with van der Waals surface area (Å²) in [5, 5.41) is 1.02. The number of hydrogen-bond acceptors (Lipinski definition) is 5. The van der Waals surface area contributed by atoms with Crippen molar-refractivity contribution in [1.29, 1.82) is 0 Å². The van der Waals surface area contributed by atoms with Crippen molar-refractivity contribution < 1.29 is 0 Å². The molecule has 1 fully saturated rings. The van der Waals surface area contributed by atoms with Gasteiger partial charge in [-0.25, -0.2) is 9.97 Å². The van der Waals surface area contributed by atoms with E-state index in [0.29, 0.717) is 12.0 Å². The lowest BCUT2D eigenvalue weighted by Crippen LogP contribution is -2.28. The Morgan fingerprint density at radius 3 is 3.00 bits per heavy atom. The minimum atomic E-state index is 0.526. The third-order valence-corrected chi connectivity index (χ3v) is 3.77. The van der Waals surface area contributed by atoms with Crippen LogP contribution < -0.4 is 10.6 Å².